The molecule has 0 spiro atoms. The normalized spacial score (nSPS) is 15.4. The molecule has 2 aliphatic rings. The van der Waals surface area contributed by atoms with Crippen LogP contribution in [0.5, 0.6) is 11.5 Å². The van der Waals surface area contributed by atoms with E-state index in [0.29, 0.717) is 54.3 Å². The molecule has 2 aromatic carbocycles. The highest BCUT2D eigenvalue weighted by molar-refractivity contribution is 5.98. The third kappa shape index (κ3) is 3.54. The van der Waals surface area contributed by atoms with Gasteiger partial charge in [-0.05, 0) is 50.2 Å². The van der Waals surface area contributed by atoms with E-state index in [0.717, 1.165) is 16.9 Å². The predicted molar refractivity (Wildman–Crippen MR) is 113 cm³/mol. The van der Waals surface area contributed by atoms with Crippen LogP contribution in [-0.4, -0.2) is 64.6 Å². The van der Waals surface area contributed by atoms with E-state index in [1.807, 2.05) is 19.9 Å². The van der Waals surface area contributed by atoms with Crippen molar-refractivity contribution in [3.8, 4) is 11.5 Å². The molecule has 0 unspecified atom stereocenters. The molecule has 2 aliphatic heterocycles. The van der Waals surface area contributed by atoms with Gasteiger partial charge in [-0.2, -0.15) is 0 Å². The van der Waals surface area contributed by atoms with Crippen molar-refractivity contribution in [2.45, 2.75) is 13.8 Å². The highest BCUT2D eigenvalue weighted by Crippen LogP contribution is 2.33. The standard InChI is InChI=1S/C23H22N4O4/c1-14-15(2)25-19-11-16(3-5-18(19)24-14)22(28)26-7-9-27(10-8-26)23(29)17-4-6-20-21(12-17)31-13-30-20/h3-6,11-12H,7-10,13H2,1-2H3. The first-order valence-corrected chi connectivity index (χ1v) is 10.2. The Morgan fingerprint density at radius 2 is 1.29 bits per heavy atom. The summed E-state index contributed by atoms with van der Waals surface area (Å²) in [5.41, 5.74) is 4.37. The fraction of sp³-hybridized carbons (Fsp3) is 0.304. The quantitative estimate of drug-likeness (QED) is 0.636. The van der Waals surface area contributed by atoms with Gasteiger partial charge >= 0.3 is 0 Å². The topological polar surface area (TPSA) is 84.9 Å². The summed E-state index contributed by atoms with van der Waals surface area (Å²) < 4.78 is 10.7. The third-order valence-electron chi connectivity index (χ3n) is 5.80. The van der Waals surface area contributed by atoms with Crippen LogP contribution < -0.4 is 9.47 Å². The van der Waals surface area contributed by atoms with Crippen LogP contribution in [-0.2, 0) is 0 Å². The molecule has 0 atom stereocenters. The summed E-state index contributed by atoms with van der Waals surface area (Å²) in [6, 6.07) is 10.6. The molecule has 158 valence electrons. The lowest BCUT2D eigenvalue weighted by Crippen LogP contribution is -2.50. The fourth-order valence-corrected chi connectivity index (χ4v) is 3.87. The lowest BCUT2D eigenvalue weighted by molar-refractivity contribution is 0.0535. The maximum atomic E-state index is 13.0. The second-order valence-electron chi connectivity index (χ2n) is 7.75. The Morgan fingerprint density at radius 3 is 1.97 bits per heavy atom. The van der Waals surface area contributed by atoms with Crippen molar-refractivity contribution in [1.29, 1.82) is 0 Å². The molecule has 5 rings (SSSR count). The monoisotopic (exact) mass is 418 g/mol. The zero-order valence-corrected chi connectivity index (χ0v) is 17.4. The summed E-state index contributed by atoms with van der Waals surface area (Å²) in [4.78, 5) is 38.5. The number of ether oxygens (including phenoxy) is 2. The summed E-state index contributed by atoms with van der Waals surface area (Å²) in [7, 11) is 0. The molecular formula is C23H22N4O4. The van der Waals surface area contributed by atoms with Crippen LogP contribution in [0.15, 0.2) is 36.4 Å². The first-order valence-electron chi connectivity index (χ1n) is 10.2. The van der Waals surface area contributed by atoms with Gasteiger partial charge in [-0.15, -0.1) is 0 Å². The van der Waals surface area contributed by atoms with Gasteiger partial charge in [0, 0.05) is 37.3 Å². The molecule has 0 N–H and O–H groups in total. The van der Waals surface area contributed by atoms with E-state index in [2.05, 4.69) is 9.97 Å². The number of fused-ring (bicyclic) bond motifs is 2. The Labute approximate surface area is 179 Å². The van der Waals surface area contributed by atoms with Gasteiger partial charge in [0.2, 0.25) is 6.79 Å². The molecule has 8 nitrogen and oxygen atoms in total. The molecular weight excluding hydrogens is 396 g/mol. The lowest BCUT2D eigenvalue weighted by Gasteiger charge is -2.35. The van der Waals surface area contributed by atoms with Crippen molar-refractivity contribution in [2.24, 2.45) is 0 Å². The average molecular weight is 418 g/mol. The van der Waals surface area contributed by atoms with Crippen LogP contribution >= 0.6 is 0 Å². The summed E-state index contributed by atoms with van der Waals surface area (Å²) in [5, 5.41) is 0. The summed E-state index contributed by atoms with van der Waals surface area (Å²) >= 11 is 0. The highest BCUT2D eigenvalue weighted by Gasteiger charge is 2.27. The maximum absolute atomic E-state index is 13.0. The Balaban J connectivity index is 1.27. The van der Waals surface area contributed by atoms with Crippen LogP contribution in [0.1, 0.15) is 32.1 Å². The van der Waals surface area contributed by atoms with E-state index in [-0.39, 0.29) is 18.6 Å². The fourth-order valence-electron chi connectivity index (χ4n) is 3.87. The Bertz CT molecular complexity index is 1200. The van der Waals surface area contributed by atoms with E-state index in [4.69, 9.17) is 9.47 Å². The molecule has 0 saturated carbocycles. The van der Waals surface area contributed by atoms with Gasteiger partial charge in [0.15, 0.2) is 11.5 Å². The van der Waals surface area contributed by atoms with Crippen LogP contribution in [0.3, 0.4) is 0 Å². The van der Waals surface area contributed by atoms with Crippen LogP contribution in [0.2, 0.25) is 0 Å². The van der Waals surface area contributed by atoms with E-state index in [9.17, 15) is 9.59 Å². The number of piperazine rings is 1. The molecule has 31 heavy (non-hydrogen) atoms. The van der Waals surface area contributed by atoms with E-state index in [1.165, 1.54) is 0 Å². The third-order valence-corrected chi connectivity index (χ3v) is 5.80. The summed E-state index contributed by atoms with van der Waals surface area (Å²) in [6.45, 7) is 5.91. The van der Waals surface area contributed by atoms with Crippen LogP contribution in [0, 0.1) is 13.8 Å². The number of nitrogens with zero attached hydrogens (tertiary/aromatic N) is 4. The van der Waals surface area contributed by atoms with Gasteiger partial charge in [-0.1, -0.05) is 0 Å². The molecule has 3 aromatic rings. The van der Waals surface area contributed by atoms with Crippen molar-refractivity contribution in [3.63, 3.8) is 0 Å². The van der Waals surface area contributed by atoms with Crippen LogP contribution in [0.4, 0.5) is 0 Å². The minimum atomic E-state index is -0.0720. The molecule has 1 aromatic heterocycles. The first kappa shape index (κ1) is 19.3. The second kappa shape index (κ2) is 7.54. The smallest absolute Gasteiger partial charge is 0.254 e. The zero-order valence-electron chi connectivity index (χ0n) is 17.4. The van der Waals surface area contributed by atoms with Crippen LogP contribution in [0.25, 0.3) is 11.0 Å². The first-order chi connectivity index (χ1) is 15.0. The van der Waals surface area contributed by atoms with Gasteiger partial charge in [0.05, 0.1) is 22.4 Å². The summed E-state index contributed by atoms with van der Waals surface area (Å²) in [6.07, 6.45) is 0. The van der Waals surface area contributed by atoms with Gasteiger partial charge in [0.25, 0.3) is 11.8 Å². The van der Waals surface area contributed by atoms with Gasteiger partial charge in [-0.3, -0.25) is 9.59 Å². The summed E-state index contributed by atoms with van der Waals surface area (Å²) in [5.74, 6) is 1.11. The van der Waals surface area contributed by atoms with E-state index >= 15 is 0 Å². The number of amides is 2. The van der Waals surface area contributed by atoms with Crippen molar-refractivity contribution in [2.75, 3.05) is 33.0 Å². The second-order valence-corrected chi connectivity index (χ2v) is 7.75. The largest absolute Gasteiger partial charge is 0.454 e. The number of aryl methyl sites for hydroxylation is 2. The minimum absolute atomic E-state index is 0.0582. The molecule has 1 saturated heterocycles. The molecule has 3 heterocycles. The predicted octanol–water partition coefficient (Wildman–Crippen LogP) is 2.57. The maximum Gasteiger partial charge on any atom is 0.254 e. The SMILES string of the molecule is Cc1nc2ccc(C(=O)N3CCN(C(=O)c4ccc5c(c4)OCO5)CC3)cc2nc1C. The lowest BCUT2D eigenvalue weighted by atomic mass is 10.1. The number of aromatic nitrogens is 2. The van der Waals surface area contributed by atoms with Gasteiger partial charge < -0.3 is 19.3 Å². The highest BCUT2D eigenvalue weighted by atomic mass is 16.7. The molecule has 0 bridgehead atoms. The number of rotatable bonds is 2. The average Bonchev–Trinajstić information content (AvgIpc) is 3.26. The number of carbonyl (C=O) groups excluding carboxylic acids is 2. The molecule has 1 fully saturated rings. The number of hydrogen-bond donors (Lipinski definition) is 0. The molecule has 8 heteroatoms. The number of benzene rings is 2. The zero-order chi connectivity index (χ0) is 21.5. The number of hydrogen-bond acceptors (Lipinski definition) is 6. The molecule has 2 amide bonds. The Kier molecular flexibility index (Phi) is 4.69. The van der Waals surface area contributed by atoms with E-state index in [1.54, 1.807) is 40.1 Å². The molecule has 0 aliphatic carbocycles. The number of carbonyl (C=O) groups is 2. The van der Waals surface area contributed by atoms with Crippen molar-refractivity contribution in [3.05, 3.63) is 58.9 Å². The Morgan fingerprint density at radius 1 is 0.742 bits per heavy atom. The Hall–Kier alpha value is -3.68. The van der Waals surface area contributed by atoms with Crippen molar-refractivity contribution in [1.82, 2.24) is 19.8 Å². The minimum Gasteiger partial charge on any atom is -0.454 e. The van der Waals surface area contributed by atoms with Crippen molar-refractivity contribution >= 4 is 22.8 Å². The molecule has 0 radical (unpaired) electrons. The van der Waals surface area contributed by atoms with E-state index < -0.39 is 0 Å². The van der Waals surface area contributed by atoms with Gasteiger partial charge in [-0.25, -0.2) is 9.97 Å². The van der Waals surface area contributed by atoms with Crippen molar-refractivity contribution < 1.29 is 19.1 Å². The van der Waals surface area contributed by atoms with Gasteiger partial charge in [0.1, 0.15) is 0 Å².